The number of carbonyl (C=O) groups is 1. The van der Waals surface area contributed by atoms with Gasteiger partial charge in [0.2, 0.25) is 0 Å². The lowest BCUT2D eigenvalue weighted by atomic mass is 9.46. The molecule has 0 radical (unpaired) electrons. The number of epoxide rings is 1. The Hall–Kier alpha value is -0.970. The lowest BCUT2D eigenvalue weighted by molar-refractivity contribution is -0.122. The fourth-order valence-electron chi connectivity index (χ4n) is 6.64. The summed E-state index contributed by atoms with van der Waals surface area (Å²) in [7, 11) is 0. The fourth-order valence-corrected chi connectivity index (χ4v) is 6.64. The second kappa shape index (κ2) is 5.76. The van der Waals surface area contributed by atoms with E-state index >= 15 is 0 Å². The highest BCUT2D eigenvalue weighted by atomic mass is 16.6. The number of ketones is 1. The summed E-state index contributed by atoms with van der Waals surface area (Å²) in [6.45, 7) is 11.3. The predicted octanol–water partition coefficient (Wildman–Crippen LogP) is 3.18. The van der Waals surface area contributed by atoms with Gasteiger partial charge in [0.1, 0.15) is 12.2 Å². The molecule has 2 saturated carbocycles. The van der Waals surface area contributed by atoms with Crippen LogP contribution < -0.4 is 0 Å². The molecule has 4 heteroatoms. The standard InChI is InChI=1S/C22H32O4/c1-13-6-7-16-20(2,3)8-5-9-21(16,4)15(13)11-22-17(24)10-14(12-23)18(25)19(22)26-22/h10,15-16,18-19,23,25H,1,5-9,11-12H2,2-4H3/t15-,16-,18+,19-,21+,22+/m0/s1. The van der Waals surface area contributed by atoms with E-state index in [4.69, 9.17) is 4.74 Å². The first-order valence-electron chi connectivity index (χ1n) is 10.0. The molecule has 6 atom stereocenters. The van der Waals surface area contributed by atoms with Gasteiger partial charge in [-0.3, -0.25) is 4.79 Å². The van der Waals surface area contributed by atoms with E-state index in [1.165, 1.54) is 37.3 Å². The van der Waals surface area contributed by atoms with Crippen LogP contribution in [0.5, 0.6) is 0 Å². The van der Waals surface area contributed by atoms with Crippen LogP contribution in [0.4, 0.5) is 0 Å². The van der Waals surface area contributed by atoms with Crippen molar-refractivity contribution in [3.63, 3.8) is 0 Å². The number of aliphatic hydroxyl groups is 2. The molecule has 0 aromatic rings. The lowest BCUT2D eigenvalue weighted by Gasteiger charge is -2.58. The molecule has 3 aliphatic carbocycles. The molecule has 0 spiro atoms. The van der Waals surface area contributed by atoms with E-state index in [0.29, 0.717) is 23.3 Å². The third-order valence-electron chi connectivity index (χ3n) is 8.15. The summed E-state index contributed by atoms with van der Waals surface area (Å²) in [5.74, 6) is 0.775. The number of carbonyl (C=O) groups excluding carboxylic acids is 1. The molecule has 2 N–H and O–H groups in total. The van der Waals surface area contributed by atoms with Gasteiger partial charge in [0.25, 0.3) is 0 Å². The molecule has 1 heterocycles. The Morgan fingerprint density at radius 1 is 1.31 bits per heavy atom. The molecule has 4 nitrogen and oxygen atoms in total. The Morgan fingerprint density at radius 3 is 2.73 bits per heavy atom. The number of hydrogen-bond acceptors (Lipinski definition) is 4. The number of hydrogen-bond donors (Lipinski definition) is 2. The SMILES string of the molecule is C=C1CC[C@H]2C(C)(C)CCC[C@]2(C)[C@H]1C[C@]12O[C@H]1[C@H](O)C(CO)=CC2=O. The molecule has 0 unspecified atom stereocenters. The number of aliphatic hydroxyl groups excluding tert-OH is 2. The van der Waals surface area contributed by atoms with Crippen molar-refractivity contribution in [2.75, 3.05) is 6.61 Å². The van der Waals surface area contributed by atoms with Gasteiger partial charge in [0.15, 0.2) is 11.4 Å². The maximum Gasteiger partial charge on any atom is 0.190 e. The van der Waals surface area contributed by atoms with E-state index in [2.05, 4.69) is 27.4 Å². The van der Waals surface area contributed by atoms with Crippen LogP contribution in [-0.4, -0.2) is 40.4 Å². The predicted molar refractivity (Wildman–Crippen MR) is 99.5 cm³/mol. The normalized spacial score (nSPS) is 47.0. The largest absolute Gasteiger partial charge is 0.392 e. The minimum absolute atomic E-state index is 0.0922. The van der Waals surface area contributed by atoms with Crippen molar-refractivity contribution in [3.8, 4) is 0 Å². The van der Waals surface area contributed by atoms with Crippen molar-refractivity contribution in [2.45, 2.75) is 77.1 Å². The maximum absolute atomic E-state index is 12.8. The molecule has 26 heavy (non-hydrogen) atoms. The minimum Gasteiger partial charge on any atom is -0.392 e. The van der Waals surface area contributed by atoms with E-state index in [0.717, 1.165) is 6.42 Å². The Bertz CT molecular complexity index is 678. The summed E-state index contributed by atoms with van der Waals surface area (Å²) < 4.78 is 5.85. The monoisotopic (exact) mass is 360 g/mol. The van der Waals surface area contributed by atoms with Crippen LogP contribution in [0, 0.1) is 22.7 Å². The van der Waals surface area contributed by atoms with Gasteiger partial charge < -0.3 is 14.9 Å². The Kier molecular flexibility index (Phi) is 4.08. The molecule has 3 fully saturated rings. The Labute approximate surface area is 156 Å². The summed E-state index contributed by atoms with van der Waals surface area (Å²) in [5, 5.41) is 19.8. The van der Waals surface area contributed by atoms with Gasteiger partial charge in [-0.05, 0) is 66.4 Å². The highest BCUT2D eigenvalue weighted by Crippen LogP contribution is 2.64. The van der Waals surface area contributed by atoms with Crippen LogP contribution in [-0.2, 0) is 9.53 Å². The molecule has 1 saturated heterocycles. The molecule has 0 amide bonds. The average Bonchev–Trinajstić information content (AvgIpc) is 3.30. The van der Waals surface area contributed by atoms with Crippen LogP contribution in [0.3, 0.4) is 0 Å². The van der Waals surface area contributed by atoms with Crippen LogP contribution in [0.2, 0.25) is 0 Å². The second-order valence-corrected chi connectivity index (χ2v) is 9.97. The van der Waals surface area contributed by atoms with E-state index in [-0.39, 0.29) is 23.7 Å². The van der Waals surface area contributed by atoms with Crippen molar-refractivity contribution < 1.29 is 19.7 Å². The highest BCUT2D eigenvalue weighted by molar-refractivity contribution is 6.02. The summed E-state index contributed by atoms with van der Waals surface area (Å²) in [4.78, 5) is 12.8. The van der Waals surface area contributed by atoms with E-state index in [1.54, 1.807) is 0 Å². The number of fused-ring (bicyclic) bond motifs is 2. The van der Waals surface area contributed by atoms with E-state index in [1.807, 2.05) is 0 Å². The van der Waals surface area contributed by atoms with Gasteiger partial charge in [0, 0.05) is 0 Å². The third-order valence-corrected chi connectivity index (χ3v) is 8.15. The first kappa shape index (κ1) is 18.4. The summed E-state index contributed by atoms with van der Waals surface area (Å²) in [6.07, 6.45) is 6.49. The zero-order chi connectivity index (χ0) is 18.9. The van der Waals surface area contributed by atoms with E-state index in [9.17, 15) is 15.0 Å². The van der Waals surface area contributed by atoms with Crippen molar-refractivity contribution in [1.82, 2.24) is 0 Å². The third kappa shape index (κ3) is 2.42. The van der Waals surface area contributed by atoms with Crippen molar-refractivity contribution in [2.24, 2.45) is 22.7 Å². The van der Waals surface area contributed by atoms with Crippen molar-refractivity contribution >= 4 is 5.78 Å². The van der Waals surface area contributed by atoms with E-state index < -0.39 is 17.8 Å². The Morgan fingerprint density at radius 2 is 2.04 bits per heavy atom. The van der Waals surface area contributed by atoms with Crippen molar-refractivity contribution in [3.05, 3.63) is 23.8 Å². The van der Waals surface area contributed by atoms with Gasteiger partial charge in [-0.15, -0.1) is 0 Å². The molecule has 1 aliphatic heterocycles. The van der Waals surface area contributed by atoms with Crippen LogP contribution >= 0.6 is 0 Å². The second-order valence-electron chi connectivity index (χ2n) is 9.97. The highest BCUT2D eigenvalue weighted by Gasteiger charge is 2.69. The number of ether oxygens (including phenoxy) is 1. The van der Waals surface area contributed by atoms with Gasteiger partial charge in [-0.25, -0.2) is 0 Å². The van der Waals surface area contributed by atoms with Crippen LogP contribution in [0.1, 0.15) is 59.3 Å². The fraction of sp³-hybridized carbons (Fsp3) is 0.773. The first-order chi connectivity index (χ1) is 12.2. The lowest BCUT2D eigenvalue weighted by Crippen LogP contribution is -2.51. The van der Waals surface area contributed by atoms with Crippen LogP contribution in [0.25, 0.3) is 0 Å². The zero-order valence-electron chi connectivity index (χ0n) is 16.3. The topological polar surface area (TPSA) is 70.1 Å². The molecular formula is C22H32O4. The molecule has 4 aliphatic rings. The zero-order valence-corrected chi connectivity index (χ0v) is 16.3. The first-order valence-corrected chi connectivity index (χ1v) is 10.0. The smallest absolute Gasteiger partial charge is 0.190 e. The molecule has 0 aromatic carbocycles. The number of allylic oxidation sites excluding steroid dienone is 1. The average molecular weight is 360 g/mol. The van der Waals surface area contributed by atoms with Gasteiger partial charge in [-0.1, -0.05) is 39.3 Å². The minimum atomic E-state index is -0.905. The maximum atomic E-state index is 12.8. The van der Waals surface area contributed by atoms with Gasteiger partial charge in [0.05, 0.1) is 6.61 Å². The number of rotatable bonds is 3. The molecule has 0 bridgehead atoms. The van der Waals surface area contributed by atoms with Gasteiger partial charge in [-0.2, -0.15) is 0 Å². The summed E-state index contributed by atoms with van der Waals surface area (Å²) >= 11 is 0. The quantitative estimate of drug-likeness (QED) is 0.599. The Balaban J connectivity index is 1.65. The molecule has 144 valence electrons. The molecule has 0 aromatic heterocycles. The summed E-state index contributed by atoms with van der Waals surface area (Å²) in [5.41, 5.74) is 1.16. The van der Waals surface area contributed by atoms with Gasteiger partial charge >= 0.3 is 0 Å². The molecule has 4 rings (SSSR count). The summed E-state index contributed by atoms with van der Waals surface area (Å²) in [6, 6.07) is 0. The molecular weight excluding hydrogens is 328 g/mol. The van der Waals surface area contributed by atoms with Crippen LogP contribution in [0.15, 0.2) is 23.8 Å². The van der Waals surface area contributed by atoms with Crippen molar-refractivity contribution in [1.29, 1.82) is 0 Å².